The molecule has 3 rings (SSSR count). The third kappa shape index (κ3) is 2.39. The standard InChI is InChI=1S/C13H13N5OS/c1-2-15-12-9-4-6-20-13(9)17-10(16-12)7-18-8-14-5-3-11(18)19/h3-6,8H,2,7H2,1H3,(H,15,16,17). The van der Waals surface area contributed by atoms with Crippen molar-refractivity contribution in [2.24, 2.45) is 0 Å². The van der Waals surface area contributed by atoms with Crippen LogP contribution in [0.25, 0.3) is 10.2 Å². The minimum atomic E-state index is -0.111. The molecular formula is C13H13N5OS. The largest absolute Gasteiger partial charge is 0.370 e. The molecule has 0 unspecified atom stereocenters. The molecule has 0 atom stereocenters. The minimum Gasteiger partial charge on any atom is -0.370 e. The van der Waals surface area contributed by atoms with E-state index in [2.05, 4.69) is 20.3 Å². The second kappa shape index (κ2) is 5.38. The molecule has 0 bridgehead atoms. The predicted octanol–water partition coefficient (Wildman–Crippen LogP) is 1.73. The van der Waals surface area contributed by atoms with Gasteiger partial charge < -0.3 is 5.32 Å². The van der Waals surface area contributed by atoms with Gasteiger partial charge in [-0.15, -0.1) is 11.3 Å². The van der Waals surface area contributed by atoms with E-state index in [0.29, 0.717) is 12.4 Å². The van der Waals surface area contributed by atoms with E-state index in [1.165, 1.54) is 23.2 Å². The van der Waals surface area contributed by atoms with Crippen molar-refractivity contribution in [1.29, 1.82) is 0 Å². The summed E-state index contributed by atoms with van der Waals surface area (Å²) in [6.07, 6.45) is 2.98. The molecule has 0 amide bonds. The summed E-state index contributed by atoms with van der Waals surface area (Å²) in [6, 6.07) is 3.42. The summed E-state index contributed by atoms with van der Waals surface area (Å²) in [5.74, 6) is 1.41. The Hall–Kier alpha value is -2.28. The quantitative estimate of drug-likeness (QED) is 0.791. The van der Waals surface area contributed by atoms with Crippen LogP contribution in [0.5, 0.6) is 0 Å². The molecule has 0 radical (unpaired) electrons. The first-order valence-electron chi connectivity index (χ1n) is 6.26. The van der Waals surface area contributed by atoms with Crippen molar-refractivity contribution >= 4 is 27.4 Å². The van der Waals surface area contributed by atoms with Gasteiger partial charge in [0.05, 0.1) is 18.3 Å². The normalized spacial score (nSPS) is 10.8. The van der Waals surface area contributed by atoms with Gasteiger partial charge in [0, 0.05) is 18.8 Å². The number of hydrogen-bond donors (Lipinski definition) is 1. The van der Waals surface area contributed by atoms with Gasteiger partial charge >= 0.3 is 0 Å². The molecular weight excluding hydrogens is 274 g/mol. The first kappa shape index (κ1) is 12.7. The van der Waals surface area contributed by atoms with Gasteiger partial charge in [0.2, 0.25) is 0 Å². The van der Waals surface area contributed by atoms with Crippen molar-refractivity contribution < 1.29 is 0 Å². The van der Waals surface area contributed by atoms with Crippen LogP contribution < -0.4 is 10.9 Å². The van der Waals surface area contributed by atoms with Gasteiger partial charge in [0.1, 0.15) is 10.6 Å². The van der Waals surface area contributed by atoms with Gasteiger partial charge in [-0.05, 0) is 18.4 Å². The van der Waals surface area contributed by atoms with Gasteiger partial charge in [-0.3, -0.25) is 9.36 Å². The summed E-state index contributed by atoms with van der Waals surface area (Å²) in [4.78, 5) is 25.6. The Kier molecular flexibility index (Phi) is 3.42. The lowest BCUT2D eigenvalue weighted by molar-refractivity contribution is 0.701. The third-order valence-electron chi connectivity index (χ3n) is 2.82. The van der Waals surface area contributed by atoms with E-state index in [1.807, 2.05) is 18.4 Å². The molecule has 6 nitrogen and oxygen atoms in total. The number of nitrogens with zero attached hydrogens (tertiary/aromatic N) is 4. The van der Waals surface area contributed by atoms with Gasteiger partial charge in [-0.1, -0.05) is 0 Å². The smallest absolute Gasteiger partial charge is 0.253 e. The van der Waals surface area contributed by atoms with E-state index in [0.717, 1.165) is 22.6 Å². The zero-order valence-corrected chi connectivity index (χ0v) is 11.7. The first-order valence-corrected chi connectivity index (χ1v) is 7.14. The van der Waals surface area contributed by atoms with Gasteiger partial charge in [-0.2, -0.15) is 0 Å². The Balaban J connectivity index is 2.03. The molecule has 102 valence electrons. The van der Waals surface area contributed by atoms with E-state index < -0.39 is 0 Å². The van der Waals surface area contributed by atoms with Crippen LogP contribution in [-0.4, -0.2) is 26.1 Å². The maximum absolute atomic E-state index is 11.7. The number of aromatic nitrogens is 4. The van der Waals surface area contributed by atoms with Crippen LogP contribution in [0.2, 0.25) is 0 Å². The summed E-state index contributed by atoms with van der Waals surface area (Å²) in [5, 5.41) is 6.23. The Labute approximate surface area is 119 Å². The van der Waals surface area contributed by atoms with Crippen LogP contribution in [0.4, 0.5) is 5.82 Å². The minimum absolute atomic E-state index is 0.111. The fourth-order valence-corrected chi connectivity index (χ4v) is 2.70. The van der Waals surface area contributed by atoms with Crippen LogP contribution in [0.1, 0.15) is 12.7 Å². The van der Waals surface area contributed by atoms with Crippen LogP contribution in [-0.2, 0) is 6.54 Å². The zero-order valence-electron chi connectivity index (χ0n) is 10.9. The number of thiophene rings is 1. The molecule has 7 heteroatoms. The summed E-state index contributed by atoms with van der Waals surface area (Å²) in [7, 11) is 0. The van der Waals surface area contributed by atoms with Crippen molar-refractivity contribution in [3.63, 3.8) is 0 Å². The molecule has 0 aromatic carbocycles. The topological polar surface area (TPSA) is 72.7 Å². The van der Waals surface area contributed by atoms with Crippen LogP contribution in [0.3, 0.4) is 0 Å². The summed E-state index contributed by atoms with van der Waals surface area (Å²) in [6.45, 7) is 3.12. The van der Waals surface area contributed by atoms with Crippen molar-refractivity contribution in [3.05, 3.63) is 46.2 Å². The third-order valence-corrected chi connectivity index (χ3v) is 3.63. The SMILES string of the molecule is CCNc1nc(Cn2cnccc2=O)nc2sccc12. The molecule has 0 fully saturated rings. The Bertz CT molecular complexity index is 795. The van der Waals surface area contributed by atoms with Crippen LogP contribution >= 0.6 is 11.3 Å². The Morgan fingerprint density at radius 2 is 2.25 bits per heavy atom. The highest BCUT2D eigenvalue weighted by Crippen LogP contribution is 2.24. The Morgan fingerprint density at radius 3 is 3.05 bits per heavy atom. The maximum atomic E-state index is 11.7. The number of fused-ring (bicyclic) bond motifs is 1. The lowest BCUT2D eigenvalue weighted by atomic mass is 10.3. The summed E-state index contributed by atoms with van der Waals surface area (Å²) < 4.78 is 1.49. The van der Waals surface area contributed by atoms with E-state index >= 15 is 0 Å². The average Bonchev–Trinajstić information content (AvgIpc) is 2.90. The highest BCUT2D eigenvalue weighted by molar-refractivity contribution is 7.16. The predicted molar refractivity (Wildman–Crippen MR) is 79.2 cm³/mol. The van der Waals surface area contributed by atoms with Crippen LogP contribution in [0, 0.1) is 0 Å². The lowest BCUT2D eigenvalue weighted by Crippen LogP contribution is -2.20. The van der Waals surface area contributed by atoms with Crippen molar-refractivity contribution in [2.75, 3.05) is 11.9 Å². The highest BCUT2D eigenvalue weighted by Gasteiger charge is 2.09. The average molecular weight is 287 g/mol. The van der Waals surface area contributed by atoms with Gasteiger partial charge in [0.25, 0.3) is 5.56 Å². The monoisotopic (exact) mass is 287 g/mol. The van der Waals surface area contributed by atoms with E-state index in [1.54, 1.807) is 11.3 Å². The molecule has 0 aliphatic carbocycles. The molecule has 0 aliphatic rings. The second-order valence-corrected chi connectivity index (χ2v) is 5.10. The number of hydrogen-bond acceptors (Lipinski definition) is 6. The number of rotatable bonds is 4. The van der Waals surface area contributed by atoms with E-state index in [4.69, 9.17) is 0 Å². The molecule has 3 heterocycles. The number of nitrogens with one attached hydrogen (secondary N) is 1. The van der Waals surface area contributed by atoms with Crippen molar-refractivity contribution in [1.82, 2.24) is 19.5 Å². The van der Waals surface area contributed by atoms with Crippen molar-refractivity contribution in [2.45, 2.75) is 13.5 Å². The van der Waals surface area contributed by atoms with Gasteiger partial charge in [0.15, 0.2) is 5.82 Å². The molecule has 0 spiro atoms. The molecule has 0 saturated heterocycles. The second-order valence-electron chi connectivity index (χ2n) is 4.20. The zero-order chi connectivity index (χ0) is 13.9. The van der Waals surface area contributed by atoms with E-state index in [-0.39, 0.29) is 5.56 Å². The molecule has 3 aromatic heterocycles. The van der Waals surface area contributed by atoms with Gasteiger partial charge in [-0.25, -0.2) is 15.0 Å². The Morgan fingerprint density at radius 1 is 1.35 bits per heavy atom. The first-order chi connectivity index (χ1) is 9.78. The summed E-state index contributed by atoms with van der Waals surface area (Å²) in [5.41, 5.74) is -0.111. The fourth-order valence-electron chi connectivity index (χ4n) is 1.92. The molecule has 3 aromatic rings. The van der Waals surface area contributed by atoms with Crippen LogP contribution in [0.15, 0.2) is 34.8 Å². The fraction of sp³-hybridized carbons (Fsp3) is 0.231. The highest BCUT2D eigenvalue weighted by atomic mass is 32.1. The van der Waals surface area contributed by atoms with Crippen molar-refractivity contribution in [3.8, 4) is 0 Å². The lowest BCUT2D eigenvalue weighted by Gasteiger charge is -2.08. The summed E-state index contributed by atoms with van der Waals surface area (Å²) >= 11 is 1.56. The number of anilines is 1. The molecule has 20 heavy (non-hydrogen) atoms. The maximum Gasteiger partial charge on any atom is 0.253 e. The molecule has 1 N–H and O–H groups in total. The molecule has 0 aliphatic heterocycles. The van der Waals surface area contributed by atoms with E-state index in [9.17, 15) is 4.79 Å². The molecule has 0 saturated carbocycles.